The summed E-state index contributed by atoms with van der Waals surface area (Å²) in [4.78, 5) is 17.5. The van der Waals surface area contributed by atoms with Crippen molar-refractivity contribution < 1.29 is 13.3 Å². The van der Waals surface area contributed by atoms with Gasteiger partial charge in [-0.2, -0.15) is 0 Å². The molecule has 0 saturated carbocycles. The number of sulfonamides is 1. The number of nitro groups is 1. The molecule has 3 N–H and O–H groups in total. The number of primary sulfonamides is 1. The molecule has 0 aliphatic carbocycles. The quantitative estimate of drug-likeness (QED) is 0.609. The van der Waals surface area contributed by atoms with Crippen molar-refractivity contribution >= 4 is 21.7 Å². The van der Waals surface area contributed by atoms with Crippen molar-refractivity contribution in [1.29, 1.82) is 0 Å². The second-order valence-electron chi connectivity index (χ2n) is 4.06. The third-order valence-corrected chi connectivity index (χ3v) is 3.48. The van der Waals surface area contributed by atoms with E-state index in [1.54, 1.807) is 12.1 Å². The molecule has 0 spiro atoms. The number of nitrogens with two attached hydrogens (primary N) is 1. The zero-order valence-electron chi connectivity index (χ0n) is 10.6. The fourth-order valence-electron chi connectivity index (χ4n) is 1.48. The van der Waals surface area contributed by atoms with E-state index < -0.39 is 14.9 Å². The molecule has 1 aromatic heterocycles. The molecule has 0 atom stereocenters. The van der Waals surface area contributed by atoms with E-state index in [-0.39, 0.29) is 16.5 Å². The second-order valence-corrected chi connectivity index (χ2v) is 5.63. The molecule has 0 aliphatic rings. The van der Waals surface area contributed by atoms with Gasteiger partial charge in [0, 0.05) is 6.54 Å². The summed E-state index contributed by atoms with van der Waals surface area (Å²) in [5.41, 5.74) is 0.586. The average molecular weight is 309 g/mol. The van der Waals surface area contributed by atoms with Crippen LogP contribution < -0.4 is 10.5 Å². The molecule has 0 radical (unpaired) electrons. The number of rotatable bonds is 5. The van der Waals surface area contributed by atoms with E-state index >= 15 is 0 Å². The summed E-state index contributed by atoms with van der Waals surface area (Å²) in [5.74, 6) is 0.233. The van der Waals surface area contributed by atoms with Gasteiger partial charge in [0.15, 0.2) is 0 Å². The van der Waals surface area contributed by atoms with Gasteiger partial charge in [-0.1, -0.05) is 12.1 Å². The Morgan fingerprint density at radius 2 is 1.76 bits per heavy atom. The first-order valence-corrected chi connectivity index (χ1v) is 7.23. The van der Waals surface area contributed by atoms with Crippen LogP contribution in [-0.2, 0) is 16.6 Å². The van der Waals surface area contributed by atoms with Gasteiger partial charge in [0.1, 0.15) is 12.4 Å². The molecular weight excluding hydrogens is 298 g/mol. The fraction of sp³-hybridized carbons (Fsp3) is 0.0909. The highest BCUT2D eigenvalue weighted by molar-refractivity contribution is 7.89. The van der Waals surface area contributed by atoms with Crippen LogP contribution in [0.5, 0.6) is 0 Å². The standard InChI is InChI=1S/C11H11N5O4S/c12-21(19,20)10-3-1-8(2-4-10)5-13-11-14-6-9(7-15-11)16(17)18/h1-4,6-7H,5H2,(H2,12,19,20)(H,13,14,15). The first-order valence-electron chi connectivity index (χ1n) is 5.68. The van der Waals surface area contributed by atoms with E-state index in [2.05, 4.69) is 15.3 Å². The molecule has 0 aliphatic heterocycles. The van der Waals surface area contributed by atoms with Crippen LogP contribution in [-0.4, -0.2) is 23.3 Å². The van der Waals surface area contributed by atoms with E-state index in [0.717, 1.165) is 18.0 Å². The number of hydrogen-bond donors (Lipinski definition) is 2. The summed E-state index contributed by atoms with van der Waals surface area (Å²) in [5, 5.41) is 18.3. The molecule has 1 heterocycles. The van der Waals surface area contributed by atoms with Gasteiger partial charge in [0.25, 0.3) is 0 Å². The summed E-state index contributed by atoms with van der Waals surface area (Å²) >= 11 is 0. The molecule has 0 unspecified atom stereocenters. The highest BCUT2D eigenvalue weighted by Crippen LogP contribution is 2.11. The molecule has 10 heteroatoms. The lowest BCUT2D eigenvalue weighted by molar-refractivity contribution is -0.385. The fourth-order valence-corrected chi connectivity index (χ4v) is 2.00. The van der Waals surface area contributed by atoms with Crippen molar-refractivity contribution in [1.82, 2.24) is 9.97 Å². The van der Waals surface area contributed by atoms with Crippen molar-refractivity contribution in [3.63, 3.8) is 0 Å². The third kappa shape index (κ3) is 3.94. The number of nitrogens with zero attached hydrogens (tertiary/aromatic N) is 3. The summed E-state index contributed by atoms with van der Waals surface area (Å²) in [6.07, 6.45) is 2.19. The predicted molar refractivity (Wildman–Crippen MR) is 73.8 cm³/mol. The normalized spacial score (nSPS) is 11.1. The second kappa shape index (κ2) is 5.81. The smallest absolute Gasteiger partial charge is 0.305 e. The summed E-state index contributed by atoms with van der Waals surface area (Å²) in [6.45, 7) is 0.336. The lowest BCUT2D eigenvalue weighted by atomic mass is 10.2. The van der Waals surface area contributed by atoms with Crippen LogP contribution in [0.2, 0.25) is 0 Å². The molecule has 0 fully saturated rings. The molecule has 0 bridgehead atoms. The lowest BCUT2D eigenvalue weighted by Crippen LogP contribution is -2.12. The highest BCUT2D eigenvalue weighted by atomic mass is 32.2. The zero-order chi connectivity index (χ0) is 15.5. The van der Waals surface area contributed by atoms with Crippen LogP contribution in [0, 0.1) is 10.1 Å². The van der Waals surface area contributed by atoms with Crippen LogP contribution in [0.25, 0.3) is 0 Å². The Bertz CT molecular complexity index is 743. The molecule has 2 aromatic rings. The molecule has 1 aromatic carbocycles. The number of hydrogen-bond acceptors (Lipinski definition) is 7. The molecule has 2 rings (SSSR count). The molecule has 0 amide bonds. The van der Waals surface area contributed by atoms with Crippen LogP contribution in [0.4, 0.5) is 11.6 Å². The van der Waals surface area contributed by atoms with Crippen molar-refractivity contribution in [3.8, 4) is 0 Å². The largest absolute Gasteiger partial charge is 0.350 e. The van der Waals surface area contributed by atoms with Gasteiger partial charge < -0.3 is 5.32 Å². The maximum atomic E-state index is 11.1. The highest BCUT2D eigenvalue weighted by Gasteiger charge is 2.08. The Kier molecular flexibility index (Phi) is 4.10. The minimum Gasteiger partial charge on any atom is -0.350 e. The maximum absolute atomic E-state index is 11.1. The molecule has 110 valence electrons. The van der Waals surface area contributed by atoms with E-state index in [9.17, 15) is 18.5 Å². The predicted octanol–water partition coefficient (Wildman–Crippen LogP) is 0.644. The molecule has 0 saturated heterocycles. The third-order valence-electron chi connectivity index (χ3n) is 2.55. The van der Waals surface area contributed by atoms with Crippen molar-refractivity contribution in [2.24, 2.45) is 5.14 Å². The minimum atomic E-state index is -3.71. The molecular formula is C11H11N5O4S. The Morgan fingerprint density at radius 1 is 1.19 bits per heavy atom. The van der Waals surface area contributed by atoms with E-state index in [0.29, 0.717) is 6.54 Å². The van der Waals surface area contributed by atoms with Crippen LogP contribution in [0.1, 0.15) is 5.56 Å². The molecule has 9 nitrogen and oxygen atoms in total. The van der Waals surface area contributed by atoms with E-state index in [1.165, 1.54) is 12.1 Å². The zero-order valence-corrected chi connectivity index (χ0v) is 11.4. The van der Waals surface area contributed by atoms with Gasteiger partial charge in [-0.05, 0) is 17.7 Å². The SMILES string of the molecule is NS(=O)(=O)c1ccc(CNc2ncc([N+](=O)[O-])cn2)cc1. The van der Waals surface area contributed by atoms with Crippen LogP contribution >= 0.6 is 0 Å². The number of benzene rings is 1. The molecule has 21 heavy (non-hydrogen) atoms. The van der Waals surface area contributed by atoms with E-state index in [4.69, 9.17) is 5.14 Å². The number of aromatic nitrogens is 2. The monoisotopic (exact) mass is 309 g/mol. The average Bonchev–Trinajstić information content (AvgIpc) is 2.45. The summed E-state index contributed by atoms with van der Waals surface area (Å²) < 4.78 is 22.2. The number of nitrogens with one attached hydrogen (secondary N) is 1. The Labute approximate surface area is 120 Å². The first kappa shape index (κ1) is 14.8. The van der Waals surface area contributed by atoms with Gasteiger partial charge >= 0.3 is 5.69 Å². The van der Waals surface area contributed by atoms with Gasteiger partial charge in [0.05, 0.1) is 9.82 Å². The van der Waals surface area contributed by atoms with Crippen molar-refractivity contribution in [3.05, 3.63) is 52.3 Å². The maximum Gasteiger partial charge on any atom is 0.305 e. The topological polar surface area (TPSA) is 141 Å². The Hall–Kier alpha value is -2.59. The first-order chi connectivity index (χ1) is 9.86. The van der Waals surface area contributed by atoms with Gasteiger partial charge in [-0.15, -0.1) is 0 Å². The Morgan fingerprint density at radius 3 is 2.24 bits per heavy atom. The Balaban J connectivity index is 2.01. The van der Waals surface area contributed by atoms with Crippen LogP contribution in [0.15, 0.2) is 41.6 Å². The van der Waals surface area contributed by atoms with E-state index in [1.807, 2.05) is 0 Å². The lowest BCUT2D eigenvalue weighted by Gasteiger charge is -2.05. The van der Waals surface area contributed by atoms with Gasteiger partial charge in [0.2, 0.25) is 16.0 Å². The van der Waals surface area contributed by atoms with Gasteiger partial charge in [-0.25, -0.2) is 23.5 Å². The minimum absolute atomic E-state index is 0.0258. The summed E-state index contributed by atoms with van der Waals surface area (Å²) in [7, 11) is -3.71. The number of anilines is 1. The van der Waals surface area contributed by atoms with Gasteiger partial charge in [-0.3, -0.25) is 10.1 Å². The van der Waals surface area contributed by atoms with Crippen molar-refractivity contribution in [2.75, 3.05) is 5.32 Å². The summed E-state index contributed by atoms with van der Waals surface area (Å²) in [6, 6.07) is 5.97. The van der Waals surface area contributed by atoms with Crippen molar-refractivity contribution in [2.45, 2.75) is 11.4 Å². The van der Waals surface area contributed by atoms with Crippen LogP contribution in [0.3, 0.4) is 0 Å².